The Bertz CT molecular complexity index is 465. The molecule has 0 radical (unpaired) electrons. The summed E-state index contributed by atoms with van der Waals surface area (Å²) < 4.78 is 7.53. The van der Waals surface area contributed by atoms with Crippen LogP contribution in [0.5, 0.6) is 0 Å². The van der Waals surface area contributed by atoms with Gasteiger partial charge in [-0.25, -0.2) is 0 Å². The second kappa shape index (κ2) is 5.95. The number of ether oxygens (including phenoxy) is 1. The number of aryl methyl sites for hydroxylation is 1. The Morgan fingerprint density at radius 1 is 1.45 bits per heavy atom. The third-order valence-electron chi connectivity index (χ3n) is 4.28. The largest absolute Gasteiger partial charge is 0.378 e. The molecule has 1 aromatic heterocycles. The Morgan fingerprint density at radius 2 is 2.35 bits per heavy atom. The monoisotopic (exact) mass is 277 g/mol. The molecule has 5 heteroatoms. The molecule has 3 rings (SSSR count). The highest BCUT2D eigenvalue weighted by Crippen LogP contribution is 2.23. The van der Waals surface area contributed by atoms with Crippen molar-refractivity contribution in [3.8, 4) is 0 Å². The zero-order chi connectivity index (χ0) is 13.9. The van der Waals surface area contributed by atoms with Gasteiger partial charge in [0.25, 0.3) is 0 Å². The molecule has 2 fully saturated rings. The summed E-state index contributed by atoms with van der Waals surface area (Å²) in [6.45, 7) is 4.55. The van der Waals surface area contributed by atoms with Crippen LogP contribution in [0.4, 0.5) is 0 Å². The molecule has 0 aromatic carbocycles. The summed E-state index contributed by atoms with van der Waals surface area (Å²) in [5.41, 5.74) is 1.17. The van der Waals surface area contributed by atoms with E-state index in [0.29, 0.717) is 12.5 Å². The maximum Gasteiger partial charge on any atom is 0.225 e. The summed E-state index contributed by atoms with van der Waals surface area (Å²) in [4.78, 5) is 14.5. The molecular formula is C15H23N3O2. The van der Waals surface area contributed by atoms with Gasteiger partial charge >= 0.3 is 0 Å². The molecule has 2 aliphatic rings. The third kappa shape index (κ3) is 3.03. The van der Waals surface area contributed by atoms with E-state index in [4.69, 9.17) is 4.74 Å². The molecule has 20 heavy (non-hydrogen) atoms. The van der Waals surface area contributed by atoms with Gasteiger partial charge in [0.15, 0.2) is 0 Å². The number of amides is 1. The molecule has 0 N–H and O–H groups in total. The maximum atomic E-state index is 12.4. The first-order chi connectivity index (χ1) is 9.72. The van der Waals surface area contributed by atoms with Gasteiger partial charge in [-0.2, -0.15) is 5.10 Å². The van der Waals surface area contributed by atoms with Crippen LogP contribution < -0.4 is 0 Å². The van der Waals surface area contributed by atoms with Gasteiger partial charge < -0.3 is 9.64 Å². The van der Waals surface area contributed by atoms with Crippen molar-refractivity contribution in [2.24, 2.45) is 0 Å². The minimum absolute atomic E-state index is 0.149. The molecule has 110 valence electrons. The van der Waals surface area contributed by atoms with Crippen LogP contribution in [0, 0.1) is 6.92 Å². The van der Waals surface area contributed by atoms with E-state index in [9.17, 15) is 4.79 Å². The number of nitrogens with zero attached hydrogens (tertiary/aromatic N) is 3. The van der Waals surface area contributed by atoms with Crippen LogP contribution in [0.25, 0.3) is 0 Å². The summed E-state index contributed by atoms with van der Waals surface area (Å²) in [5.74, 6) is 0.253. The second-order valence-electron chi connectivity index (χ2n) is 5.96. The zero-order valence-electron chi connectivity index (χ0n) is 12.1. The highest BCUT2D eigenvalue weighted by atomic mass is 16.5. The highest BCUT2D eigenvalue weighted by Gasteiger charge is 2.31. The molecule has 1 aromatic rings. The van der Waals surface area contributed by atoms with Crippen molar-refractivity contribution in [2.45, 2.75) is 57.7 Å². The van der Waals surface area contributed by atoms with E-state index in [-0.39, 0.29) is 12.0 Å². The van der Waals surface area contributed by atoms with Crippen LogP contribution >= 0.6 is 0 Å². The number of hydrogen-bond acceptors (Lipinski definition) is 3. The predicted molar refractivity (Wildman–Crippen MR) is 75.3 cm³/mol. The standard InChI is InChI=1S/C15H23N3O2/c1-12-9-16-17(10-12)11-13-4-2-6-18(13)15(19)8-14-5-3-7-20-14/h9-10,13-14H,2-8,11H2,1H3/t13-,14+/m1/s1. The first kappa shape index (κ1) is 13.6. The van der Waals surface area contributed by atoms with Crippen molar-refractivity contribution in [1.82, 2.24) is 14.7 Å². The highest BCUT2D eigenvalue weighted by molar-refractivity contribution is 5.77. The average molecular weight is 277 g/mol. The van der Waals surface area contributed by atoms with Crippen molar-refractivity contribution in [2.75, 3.05) is 13.2 Å². The molecular weight excluding hydrogens is 254 g/mol. The fourth-order valence-electron chi connectivity index (χ4n) is 3.25. The summed E-state index contributed by atoms with van der Waals surface area (Å²) in [6, 6.07) is 0.295. The van der Waals surface area contributed by atoms with Gasteiger partial charge in [-0.05, 0) is 38.2 Å². The topological polar surface area (TPSA) is 47.4 Å². The van der Waals surface area contributed by atoms with Gasteiger partial charge in [-0.1, -0.05) is 0 Å². The second-order valence-corrected chi connectivity index (χ2v) is 5.96. The van der Waals surface area contributed by atoms with Crippen LogP contribution in [-0.2, 0) is 16.1 Å². The molecule has 3 heterocycles. The number of aromatic nitrogens is 2. The molecule has 1 amide bonds. The van der Waals surface area contributed by atoms with E-state index in [0.717, 1.165) is 45.4 Å². The van der Waals surface area contributed by atoms with E-state index >= 15 is 0 Å². The van der Waals surface area contributed by atoms with Crippen molar-refractivity contribution in [1.29, 1.82) is 0 Å². The molecule has 0 bridgehead atoms. The smallest absolute Gasteiger partial charge is 0.225 e. The molecule has 0 unspecified atom stereocenters. The van der Waals surface area contributed by atoms with Gasteiger partial charge in [-0.3, -0.25) is 9.48 Å². The first-order valence-corrected chi connectivity index (χ1v) is 7.62. The Kier molecular flexibility index (Phi) is 4.05. The van der Waals surface area contributed by atoms with E-state index in [1.807, 2.05) is 28.9 Å². The Morgan fingerprint density at radius 3 is 3.05 bits per heavy atom. The lowest BCUT2D eigenvalue weighted by Crippen LogP contribution is -2.39. The Labute approximate surface area is 119 Å². The lowest BCUT2D eigenvalue weighted by atomic mass is 10.1. The molecule has 2 aliphatic heterocycles. The third-order valence-corrected chi connectivity index (χ3v) is 4.28. The molecule has 2 saturated heterocycles. The van der Waals surface area contributed by atoms with Crippen LogP contribution in [-0.4, -0.2) is 45.9 Å². The summed E-state index contributed by atoms with van der Waals surface area (Å²) in [7, 11) is 0. The summed E-state index contributed by atoms with van der Waals surface area (Å²) in [5, 5.41) is 4.33. The number of rotatable bonds is 4. The summed E-state index contributed by atoms with van der Waals surface area (Å²) >= 11 is 0. The fourth-order valence-corrected chi connectivity index (χ4v) is 3.25. The lowest BCUT2D eigenvalue weighted by molar-refractivity contribution is -0.134. The van der Waals surface area contributed by atoms with Gasteiger partial charge in [0.2, 0.25) is 5.91 Å². The quantitative estimate of drug-likeness (QED) is 0.842. The van der Waals surface area contributed by atoms with Crippen molar-refractivity contribution in [3.63, 3.8) is 0 Å². The van der Waals surface area contributed by atoms with Gasteiger partial charge in [0, 0.05) is 19.3 Å². The van der Waals surface area contributed by atoms with Crippen LogP contribution in [0.1, 0.15) is 37.7 Å². The van der Waals surface area contributed by atoms with E-state index in [1.54, 1.807) is 0 Å². The average Bonchev–Trinajstić information content (AvgIpc) is 3.12. The van der Waals surface area contributed by atoms with Gasteiger partial charge in [0.1, 0.15) is 0 Å². The minimum Gasteiger partial charge on any atom is -0.378 e. The Balaban J connectivity index is 1.58. The van der Waals surface area contributed by atoms with E-state index < -0.39 is 0 Å². The van der Waals surface area contributed by atoms with Gasteiger partial charge in [0.05, 0.1) is 31.3 Å². The molecule has 5 nitrogen and oxygen atoms in total. The minimum atomic E-state index is 0.149. The predicted octanol–water partition coefficient (Wildman–Crippen LogP) is 1.75. The SMILES string of the molecule is Cc1cnn(C[C@H]2CCCN2C(=O)C[C@@H]2CCCO2)c1. The number of carbonyl (C=O) groups is 1. The van der Waals surface area contributed by atoms with E-state index in [1.165, 1.54) is 5.56 Å². The number of hydrogen-bond donors (Lipinski definition) is 0. The van der Waals surface area contributed by atoms with Crippen LogP contribution in [0.3, 0.4) is 0 Å². The lowest BCUT2D eigenvalue weighted by Gasteiger charge is -2.25. The van der Waals surface area contributed by atoms with Crippen molar-refractivity contribution in [3.05, 3.63) is 18.0 Å². The first-order valence-electron chi connectivity index (χ1n) is 7.62. The number of likely N-dealkylation sites (tertiary alicyclic amines) is 1. The van der Waals surface area contributed by atoms with E-state index in [2.05, 4.69) is 5.10 Å². The molecule has 0 saturated carbocycles. The van der Waals surface area contributed by atoms with Gasteiger partial charge in [-0.15, -0.1) is 0 Å². The number of carbonyl (C=O) groups excluding carboxylic acids is 1. The van der Waals surface area contributed by atoms with Crippen LogP contribution in [0.2, 0.25) is 0 Å². The molecule has 0 aliphatic carbocycles. The molecule has 2 atom stereocenters. The summed E-state index contributed by atoms with van der Waals surface area (Å²) in [6.07, 6.45) is 8.91. The normalized spacial score (nSPS) is 26.4. The zero-order valence-corrected chi connectivity index (χ0v) is 12.1. The molecule has 0 spiro atoms. The van der Waals surface area contributed by atoms with Crippen molar-refractivity contribution < 1.29 is 9.53 Å². The Hall–Kier alpha value is -1.36. The fraction of sp³-hybridized carbons (Fsp3) is 0.733. The maximum absolute atomic E-state index is 12.4. The van der Waals surface area contributed by atoms with Crippen molar-refractivity contribution >= 4 is 5.91 Å². The van der Waals surface area contributed by atoms with Crippen LogP contribution in [0.15, 0.2) is 12.4 Å².